The minimum absolute atomic E-state index is 0.0385. The first kappa shape index (κ1) is 37.9. The van der Waals surface area contributed by atoms with Gasteiger partial charge in [-0.25, -0.2) is 4.79 Å². The Kier molecular flexibility index (Phi) is 13.2. The molecule has 2 saturated heterocycles. The zero-order valence-corrected chi connectivity index (χ0v) is 30.7. The SMILES string of the molecule is CC(C)n1nc(C(=O)NCc2ccc(NC(=O)N3CCC(OC4CCNCC4)CC3)cc2)c2c1C(N)CN(c1ccc(C=O)cc1)C2.CN(C)C. The summed E-state index contributed by atoms with van der Waals surface area (Å²) in [5, 5.41) is 14.1. The van der Waals surface area contributed by atoms with E-state index in [0.29, 0.717) is 55.8 Å². The number of aldehydes is 1. The van der Waals surface area contributed by atoms with E-state index in [1.54, 1.807) is 12.1 Å². The quantitative estimate of drug-likeness (QED) is 0.241. The van der Waals surface area contributed by atoms with Crippen molar-refractivity contribution in [2.75, 3.05) is 64.1 Å². The molecule has 1 atom stereocenters. The van der Waals surface area contributed by atoms with Crippen molar-refractivity contribution < 1.29 is 19.1 Å². The number of nitrogens with two attached hydrogens (primary N) is 1. The fraction of sp³-hybridized carbons (Fsp3) is 0.526. The lowest BCUT2D eigenvalue weighted by molar-refractivity contribution is -0.0482. The van der Waals surface area contributed by atoms with Crippen molar-refractivity contribution in [2.24, 2.45) is 5.73 Å². The second-order valence-corrected chi connectivity index (χ2v) is 14.4. The zero-order valence-electron chi connectivity index (χ0n) is 30.7. The summed E-state index contributed by atoms with van der Waals surface area (Å²) >= 11 is 0. The van der Waals surface area contributed by atoms with E-state index >= 15 is 0 Å². The molecule has 4 heterocycles. The van der Waals surface area contributed by atoms with Crippen molar-refractivity contribution in [3.8, 4) is 0 Å². The van der Waals surface area contributed by atoms with Gasteiger partial charge in [-0.3, -0.25) is 14.3 Å². The van der Waals surface area contributed by atoms with Crippen LogP contribution in [0.2, 0.25) is 0 Å². The van der Waals surface area contributed by atoms with E-state index in [0.717, 1.165) is 67.6 Å². The Hall–Kier alpha value is -4.30. The van der Waals surface area contributed by atoms with Crippen LogP contribution in [0.25, 0.3) is 0 Å². The summed E-state index contributed by atoms with van der Waals surface area (Å²) in [7, 11) is 6.00. The van der Waals surface area contributed by atoms with Crippen molar-refractivity contribution in [1.29, 1.82) is 0 Å². The van der Waals surface area contributed by atoms with Crippen molar-refractivity contribution in [2.45, 2.75) is 76.9 Å². The number of carbonyl (C=O) groups excluding carboxylic acids is 3. The Morgan fingerprint density at radius 2 is 1.63 bits per heavy atom. The summed E-state index contributed by atoms with van der Waals surface area (Å²) in [5.41, 5.74) is 11.9. The first-order chi connectivity index (χ1) is 24.5. The standard InChI is InChI=1S/C35H46N8O4.C3H9N/c1-23(2)43-33-30(20-42(21-31(33)36)27-9-5-25(22-44)6-10-27)32(40-43)34(45)38-19-24-3-7-26(8-4-24)39-35(46)41-17-13-29(14-18-41)47-28-11-15-37-16-12-28;1-4(2)3/h3-10,22-23,28-29,31,37H,11-21,36H2,1-2H3,(H,38,45)(H,39,46);1-3H3. The zero-order chi connectivity index (χ0) is 36.5. The number of urea groups is 1. The number of anilines is 2. The molecule has 0 bridgehead atoms. The number of likely N-dealkylation sites (tertiary alicyclic amines) is 1. The van der Waals surface area contributed by atoms with Gasteiger partial charge in [0.25, 0.3) is 5.91 Å². The number of nitrogens with one attached hydrogen (secondary N) is 3. The predicted molar refractivity (Wildman–Crippen MR) is 200 cm³/mol. The maximum atomic E-state index is 13.5. The molecule has 5 N–H and O–H groups in total. The Morgan fingerprint density at radius 1 is 1.00 bits per heavy atom. The summed E-state index contributed by atoms with van der Waals surface area (Å²) < 4.78 is 8.15. The normalized spacial score (nSPS) is 18.2. The molecule has 3 aromatic rings. The Morgan fingerprint density at radius 3 is 2.24 bits per heavy atom. The molecule has 276 valence electrons. The second kappa shape index (κ2) is 17.8. The van der Waals surface area contributed by atoms with Gasteiger partial charge in [0.2, 0.25) is 0 Å². The van der Waals surface area contributed by atoms with Crippen LogP contribution >= 0.6 is 0 Å². The maximum Gasteiger partial charge on any atom is 0.321 e. The van der Waals surface area contributed by atoms with Crippen LogP contribution in [-0.2, 0) is 17.8 Å². The van der Waals surface area contributed by atoms with E-state index in [-0.39, 0.29) is 30.1 Å². The third-order valence-corrected chi connectivity index (χ3v) is 9.32. The molecule has 3 aliphatic rings. The highest BCUT2D eigenvalue weighted by Crippen LogP contribution is 2.33. The van der Waals surface area contributed by atoms with Crippen LogP contribution in [0.15, 0.2) is 48.5 Å². The molecular weight excluding hydrogens is 646 g/mol. The van der Waals surface area contributed by atoms with Crippen LogP contribution in [0, 0.1) is 0 Å². The van der Waals surface area contributed by atoms with Crippen molar-refractivity contribution in [1.82, 2.24) is 30.2 Å². The lowest BCUT2D eigenvalue weighted by Gasteiger charge is -2.35. The molecule has 6 rings (SSSR count). The number of carbonyl (C=O) groups is 3. The largest absolute Gasteiger partial charge is 0.375 e. The average Bonchev–Trinajstić information content (AvgIpc) is 3.53. The first-order valence-corrected chi connectivity index (χ1v) is 18.1. The van der Waals surface area contributed by atoms with Crippen LogP contribution in [-0.4, -0.2) is 104 Å². The molecule has 1 aromatic heterocycles. The topological polar surface area (TPSA) is 150 Å². The molecule has 0 spiro atoms. The lowest BCUT2D eigenvalue weighted by Crippen LogP contribution is -2.44. The Labute approximate surface area is 301 Å². The summed E-state index contributed by atoms with van der Waals surface area (Å²) in [6.45, 7) is 8.80. The fourth-order valence-corrected chi connectivity index (χ4v) is 6.72. The minimum Gasteiger partial charge on any atom is -0.375 e. The molecule has 13 nitrogen and oxygen atoms in total. The van der Waals surface area contributed by atoms with Crippen molar-refractivity contribution in [3.05, 3.63) is 76.6 Å². The molecule has 13 heteroatoms. The number of nitrogens with zero attached hydrogens (tertiary/aromatic N) is 5. The minimum atomic E-state index is -0.331. The summed E-state index contributed by atoms with van der Waals surface area (Å²) in [4.78, 5) is 43.5. The highest BCUT2D eigenvalue weighted by atomic mass is 16.5. The molecule has 0 aliphatic carbocycles. The molecule has 2 aromatic carbocycles. The third-order valence-electron chi connectivity index (χ3n) is 9.32. The van der Waals surface area contributed by atoms with Crippen LogP contribution < -0.4 is 26.6 Å². The number of hydrogen-bond acceptors (Lipinski definition) is 9. The predicted octanol–water partition coefficient (Wildman–Crippen LogP) is 4.17. The maximum absolute atomic E-state index is 13.5. The highest BCUT2D eigenvalue weighted by Gasteiger charge is 2.33. The smallest absolute Gasteiger partial charge is 0.321 e. The van der Waals surface area contributed by atoms with Gasteiger partial charge in [-0.1, -0.05) is 12.1 Å². The van der Waals surface area contributed by atoms with Gasteiger partial charge in [-0.2, -0.15) is 5.10 Å². The monoisotopic (exact) mass is 701 g/mol. The molecule has 51 heavy (non-hydrogen) atoms. The number of benzene rings is 2. The number of amides is 3. The summed E-state index contributed by atoms with van der Waals surface area (Å²) in [6.07, 6.45) is 5.19. The van der Waals surface area contributed by atoms with Crippen molar-refractivity contribution in [3.63, 3.8) is 0 Å². The molecule has 2 fully saturated rings. The van der Waals surface area contributed by atoms with Crippen LogP contribution in [0.3, 0.4) is 0 Å². The number of hydrogen-bond donors (Lipinski definition) is 4. The summed E-state index contributed by atoms with van der Waals surface area (Å²) in [6, 6.07) is 14.5. The molecular formula is C38H55N9O4. The lowest BCUT2D eigenvalue weighted by atomic mass is 9.99. The highest BCUT2D eigenvalue weighted by molar-refractivity contribution is 5.94. The molecule has 3 amide bonds. The van der Waals surface area contributed by atoms with Crippen LogP contribution in [0.5, 0.6) is 0 Å². The van der Waals surface area contributed by atoms with Gasteiger partial charge >= 0.3 is 6.03 Å². The average molecular weight is 702 g/mol. The Bertz CT molecular complexity index is 1590. The van der Waals surface area contributed by atoms with E-state index in [4.69, 9.17) is 15.6 Å². The number of ether oxygens (including phenoxy) is 1. The number of rotatable bonds is 9. The molecule has 0 saturated carbocycles. The van der Waals surface area contributed by atoms with Gasteiger partial charge in [0.05, 0.1) is 23.9 Å². The van der Waals surface area contributed by atoms with Crippen LogP contribution in [0.1, 0.15) is 89.3 Å². The number of fused-ring (bicyclic) bond motifs is 1. The Balaban J connectivity index is 0.00000120. The van der Waals surface area contributed by atoms with Gasteiger partial charge in [0.15, 0.2) is 5.69 Å². The van der Waals surface area contributed by atoms with Gasteiger partial charge < -0.3 is 41.1 Å². The van der Waals surface area contributed by atoms with Crippen molar-refractivity contribution >= 4 is 29.6 Å². The first-order valence-electron chi connectivity index (χ1n) is 18.1. The van der Waals surface area contributed by atoms with Gasteiger partial charge in [0, 0.05) is 61.3 Å². The van der Waals surface area contributed by atoms with E-state index < -0.39 is 0 Å². The fourth-order valence-electron chi connectivity index (χ4n) is 6.72. The van der Waals surface area contributed by atoms with E-state index in [1.807, 2.05) is 85.9 Å². The number of piperidine rings is 2. The third kappa shape index (κ3) is 10.2. The molecule has 3 aliphatic heterocycles. The molecule has 0 radical (unpaired) electrons. The van der Waals surface area contributed by atoms with Crippen LogP contribution in [0.4, 0.5) is 16.2 Å². The van der Waals surface area contributed by atoms with E-state index in [1.165, 1.54) is 0 Å². The summed E-state index contributed by atoms with van der Waals surface area (Å²) in [5.74, 6) is -0.268. The number of aromatic nitrogens is 2. The van der Waals surface area contributed by atoms with E-state index in [2.05, 4.69) is 20.9 Å². The molecule has 1 unspecified atom stereocenters. The van der Waals surface area contributed by atoms with E-state index in [9.17, 15) is 14.4 Å². The second-order valence-electron chi connectivity index (χ2n) is 14.4. The van der Waals surface area contributed by atoms with Gasteiger partial charge in [0.1, 0.15) is 6.29 Å². The van der Waals surface area contributed by atoms with Gasteiger partial charge in [-0.05, 0) is 116 Å². The van der Waals surface area contributed by atoms with Gasteiger partial charge in [-0.15, -0.1) is 0 Å².